The molecule has 2 aliphatic rings. The number of hydrogen-bond donors (Lipinski definition) is 2. The van der Waals surface area contributed by atoms with E-state index in [1.165, 1.54) is 18.1 Å². The van der Waals surface area contributed by atoms with Gasteiger partial charge in [-0.3, -0.25) is 9.59 Å². The van der Waals surface area contributed by atoms with E-state index in [1.54, 1.807) is 4.57 Å². The number of carbonyl (C=O) groups excluding carboxylic acids is 2. The fraction of sp³-hybridized carbons (Fsp3) is 0.280. The third-order valence-corrected chi connectivity index (χ3v) is 6.55. The van der Waals surface area contributed by atoms with Crippen LogP contribution in [-0.2, 0) is 4.79 Å². The smallest absolute Gasteiger partial charge is 0.289 e. The lowest BCUT2D eigenvalue weighted by molar-refractivity contribution is -0.123. The van der Waals surface area contributed by atoms with E-state index in [1.807, 2.05) is 0 Å². The summed E-state index contributed by atoms with van der Waals surface area (Å²) in [6, 6.07) is 0.499. The minimum Gasteiger partial charge on any atom is -0.373 e. The number of hydrogen-bond acceptors (Lipinski definition) is 5. The van der Waals surface area contributed by atoms with Crippen LogP contribution in [0.4, 0.5) is 23.4 Å². The second kappa shape index (κ2) is 9.37. The summed E-state index contributed by atoms with van der Waals surface area (Å²) in [6.07, 6.45) is 1.84. The molecule has 0 radical (unpaired) electrons. The number of nitrogens with zero attached hydrogens (tertiary/aromatic N) is 5. The predicted molar refractivity (Wildman–Crippen MR) is 129 cm³/mol. The van der Waals surface area contributed by atoms with E-state index in [-0.39, 0.29) is 41.6 Å². The minimum atomic E-state index is -2.04. The summed E-state index contributed by atoms with van der Waals surface area (Å²) in [5.41, 5.74) is 4.34. The molecule has 0 unspecified atom stereocenters. The average molecular weight is 527 g/mol. The van der Waals surface area contributed by atoms with Gasteiger partial charge in [-0.1, -0.05) is 12.5 Å². The number of allylic oxidation sites excluding steroid dienone is 1. The number of aromatic nitrogens is 4. The fourth-order valence-corrected chi connectivity index (χ4v) is 4.63. The van der Waals surface area contributed by atoms with Crippen molar-refractivity contribution in [1.82, 2.24) is 24.2 Å². The van der Waals surface area contributed by atoms with Crippen LogP contribution in [0.1, 0.15) is 53.0 Å². The number of carbonyl (C=O) groups is 2. The lowest BCUT2D eigenvalue weighted by atomic mass is 10.1. The van der Waals surface area contributed by atoms with Crippen LogP contribution >= 0.6 is 0 Å². The first kappa shape index (κ1) is 25.1. The number of anilines is 1. The molecule has 196 valence electrons. The molecular weight excluding hydrogens is 506 g/mol. The monoisotopic (exact) mass is 527 g/mol. The van der Waals surface area contributed by atoms with E-state index >= 15 is 4.39 Å². The second-order valence-electron chi connectivity index (χ2n) is 8.90. The molecule has 3 N–H and O–H groups in total. The summed E-state index contributed by atoms with van der Waals surface area (Å²) in [5.74, 6) is 1.40. The first-order chi connectivity index (χ1) is 18.2. The number of benzene rings is 1. The zero-order chi connectivity index (χ0) is 27.3. The highest BCUT2D eigenvalue weighted by atomic mass is 19.3. The molecule has 3 aromatic rings. The number of rotatable bonds is 5. The van der Waals surface area contributed by atoms with E-state index in [9.17, 15) is 22.8 Å². The summed E-state index contributed by atoms with van der Waals surface area (Å²) in [5, 5.41) is 7.01. The Morgan fingerprint density at radius 3 is 2.58 bits per heavy atom. The van der Waals surface area contributed by atoms with Crippen LogP contribution in [0.2, 0.25) is 0 Å². The van der Waals surface area contributed by atoms with Crippen molar-refractivity contribution in [3.63, 3.8) is 0 Å². The largest absolute Gasteiger partial charge is 0.373 e. The van der Waals surface area contributed by atoms with Gasteiger partial charge in [-0.05, 0) is 24.8 Å². The van der Waals surface area contributed by atoms with Crippen LogP contribution < -0.4 is 11.1 Å². The van der Waals surface area contributed by atoms with Crippen molar-refractivity contribution in [2.24, 2.45) is 5.73 Å². The number of fused-ring (bicyclic) bond motifs is 1. The van der Waals surface area contributed by atoms with E-state index < -0.39 is 46.8 Å². The molecule has 2 fully saturated rings. The molecule has 1 saturated heterocycles. The van der Waals surface area contributed by atoms with Crippen LogP contribution in [0, 0.1) is 23.5 Å². The number of likely N-dealkylation sites (tertiary alicyclic amines) is 1. The summed E-state index contributed by atoms with van der Waals surface area (Å²) < 4.78 is 60.1. The Morgan fingerprint density at radius 1 is 1.24 bits per heavy atom. The molecule has 2 amide bonds. The Morgan fingerprint density at radius 2 is 1.97 bits per heavy atom. The van der Waals surface area contributed by atoms with Gasteiger partial charge in [0.25, 0.3) is 12.0 Å². The summed E-state index contributed by atoms with van der Waals surface area (Å²) in [6.45, 7) is 3.14. The quantitative estimate of drug-likeness (QED) is 0.300. The molecule has 1 aliphatic heterocycles. The van der Waals surface area contributed by atoms with E-state index in [4.69, 9.17) is 5.73 Å². The number of nitrogens with one attached hydrogen (secondary N) is 1. The Kier molecular flexibility index (Phi) is 6.18. The highest BCUT2D eigenvalue weighted by Gasteiger charge is 2.37. The number of amides is 2. The SMILES string of the molecule is C=CC(=O)N1C[C@@H](n2nc(C#Cc3c(F)cc4c(ncn4C4CC4)c3F)c(C(N)=O)c2NC)CC1=C(F)F. The maximum atomic E-state index is 15.2. The van der Waals surface area contributed by atoms with Gasteiger partial charge in [-0.25, -0.2) is 18.4 Å². The van der Waals surface area contributed by atoms with Gasteiger partial charge in [0, 0.05) is 32.1 Å². The molecule has 5 rings (SSSR count). The first-order valence-corrected chi connectivity index (χ1v) is 11.6. The molecule has 9 nitrogen and oxygen atoms in total. The third-order valence-electron chi connectivity index (χ3n) is 6.55. The van der Waals surface area contributed by atoms with Crippen molar-refractivity contribution < 1.29 is 27.2 Å². The van der Waals surface area contributed by atoms with E-state index in [0.717, 1.165) is 29.9 Å². The van der Waals surface area contributed by atoms with Crippen LogP contribution in [-0.4, -0.2) is 49.6 Å². The maximum Gasteiger partial charge on any atom is 0.289 e. The van der Waals surface area contributed by atoms with Crippen LogP contribution in [0.15, 0.2) is 36.8 Å². The van der Waals surface area contributed by atoms with Gasteiger partial charge < -0.3 is 20.5 Å². The normalized spacial score (nSPS) is 16.9. The van der Waals surface area contributed by atoms with Gasteiger partial charge in [-0.15, -0.1) is 0 Å². The number of primary amides is 1. The molecule has 1 saturated carbocycles. The standard InChI is InChI=1S/C25H21F4N7O2/c1-3-19(37)34-10-13(8-18(34)23(28)29)36-25(31-2)20(24(30)38)16(33-36)7-6-14-15(26)9-17-22(21(14)27)32-11-35(17)12-4-5-12/h3,9,11-13,31H,1,4-5,8,10H2,2H3,(H2,30,38)/t13-/m0/s1. The van der Waals surface area contributed by atoms with E-state index in [2.05, 4.69) is 33.8 Å². The van der Waals surface area contributed by atoms with Crippen molar-refractivity contribution in [2.75, 3.05) is 18.9 Å². The Bertz CT molecular complexity index is 1600. The van der Waals surface area contributed by atoms with Crippen molar-refractivity contribution in [3.05, 3.63) is 65.3 Å². The highest BCUT2D eigenvalue weighted by Crippen LogP contribution is 2.38. The lowest BCUT2D eigenvalue weighted by Crippen LogP contribution is -2.27. The van der Waals surface area contributed by atoms with Crippen LogP contribution in [0.25, 0.3) is 11.0 Å². The molecular formula is C25H21F4N7O2. The summed E-state index contributed by atoms with van der Waals surface area (Å²) in [7, 11) is 1.45. The Balaban J connectivity index is 1.58. The molecule has 13 heteroatoms. The molecule has 0 spiro atoms. The lowest BCUT2D eigenvalue weighted by Gasteiger charge is -2.16. The fourth-order valence-electron chi connectivity index (χ4n) is 4.63. The maximum absolute atomic E-state index is 15.2. The van der Waals surface area contributed by atoms with Crippen molar-refractivity contribution >= 4 is 28.7 Å². The predicted octanol–water partition coefficient (Wildman–Crippen LogP) is 3.45. The second-order valence-corrected chi connectivity index (χ2v) is 8.90. The minimum absolute atomic E-state index is 0.0373. The molecule has 2 aromatic heterocycles. The van der Waals surface area contributed by atoms with Crippen molar-refractivity contribution in [3.8, 4) is 11.8 Å². The van der Waals surface area contributed by atoms with Crippen molar-refractivity contribution in [1.29, 1.82) is 0 Å². The number of nitrogens with two attached hydrogens (primary N) is 1. The van der Waals surface area contributed by atoms with Crippen LogP contribution in [0.3, 0.4) is 0 Å². The number of halogens is 4. The van der Waals surface area contributed by atoms with Crippen LogP contribution in [0.5, 0.6) is 0 Å². The number of imidazole rings is 1. The van der Waals surface area contributed by atoms with Gasteiger partial charge in [0.15, 0.2) is 11.5 Å². The molecule has 3 heterocycles. The molecule has 1 aliphatic carbocycles. The van der Waals surface area contributed by atoms with Crippen molar-refractivity contribution in [2.45, 2.75) is 31.3 Å². The van der Waals surface area contributed by atoms with Gasteiger partial charge in [0.2, 0.25) is 5.91 Å². The third kappa shape index (κ3) is 4.07. The Hall–Kier alpha value is -4.60. The van der Waals surface area contributed by atoms with E-state index in [0.29, 0.717) is 5.52 Å². The molecule has 38 heavy (non-hydrogen) atoms. The summed E-state index contributed by atoms with van der Waals surface area (Å²) in [4.78, 5) is 29.4. The molecule has 0 bridgehead atoms. The highest BCUT2D eigenvalue weighted by molar-refractivity contribution is 6.00. The average Bonchev–Trinajstić information content (AvgIpc) is 3.31. The zero-order valence-electron chi connectivity index (χ0n) is 20.1. The Labute approximate surface area is 213 Å². The zero-order valence-corrected chi connectivity index (χ0v) is 20.1. The van der Waals surface area contributed by atoms with Gasteiger partial charge >= 0.3 is 0 Å². The molecule has 1 atom stereocenters. The van der Waals surface area contributed by atoms with Gasteiger partial charge in [0.1, 0.15) is 22.7 Å². The first-order valence-electron chi connectivity index (χ1n) is 11.6. The topological polar surface area (TPSA) is 111 Å². The summed E-state index contributed by atoms with van der Waals surface area (Å²) >= 11 is 0. The van der Waals surface area contributed by atoms with Gasteiger partial charge in [0.05, 0.1) is 29.1 Å². The molecule has 1 aromatic carbocycles. The van der Waals surface area contributed by atoms with Gasteiger partial charge in [-0.2, -0.15) is 13.9 Å².